The van der Waals surface area contributed by atoms with Crippen molar-refractivity contribution in [1.82, 2.24) is 4.90 Å². The van der Waals surface area contributed by atoms with Crippen LogP contribution in [0.15, 0.2) is 24.3 Å². The van der Waals surface area contributed by atoms with Crippen molar-refractivity contribution in [3.63, 3.8) is 0 Å². The minimum Gasteiger partial charge on any atom is -0.390 e. The number of carbonyl (C=O) groups is 1. The first-order valence-corrected chi connectivity index (χ1v) is 10.3. The number of rotatable bonds is 3. The fourth-order valence-corrected chi connectivity index (χ4v) is 5.78. The van der Waals surface area contributed by atoms with E-state index in [-0.39, 0.29) is 11.8 Å². The summed E-state index contributed by atoms with van der Waals surface area (Å²) in [4.78, 5) is 17.0. The Labute approximate surface area is 156 Å². The van der Waals surface area contributed by atoms with Gasteiger partial charge in [-0.05, 0) is 69.1 Å². The van der Waals surface area contributed by atoms with E-state index >= 15 is 0 Å². The Morgan fingerprint density at radius 1 is 1.12 bits per heavy atom. The van der Waals surface area contributed by atoms with Crippen molar-refractivity contribution in [1.29, 1.82) is 0 Å². The highest BCUT2D eigenvalue weighted by Crippen LogP contribution is 2.57. The van der Waals surface area contributed by atoms with E-state index in [0.717, 1.165) is 13.1 Å². The average Bonchev–Trinajstić information content (AvgIpc) is 3.04. The van der Waals surface area contributed by atoms with Crippen LogP contribution >= 0.6 is 0 Å². The summed E-state index contributed by atoms with van der Waals surface area (Å²) in [6, 6.07) is 9.16. The van der Waals surface area contributed by atoms with Gasteiger partial charge in [0.25, 0.3) is 0 Å². The number of carbonyl (C=O) groups excluding carboxylic acids is 1. The third-order valence-electron chi connectivity index (χ3n) is 7.26. The first kappa shape index (κ1) is 16.6. The summed E-state index contributed by atoms with van der Waals surface area (Å²) >= 11 is 0. The minimum atomic E-state index is -0.606. The Hall–Kier alpha value is -1.55. The smallest absolute Gasteiger partial charge is 0.225 e. The van der Waals surface area contributed by atoms with E-state index in [0.29, 0.717) is 24.2 Å². The normalized spacial score (nSPS) is 32.9. The van der Waals surface area contributed by atoms with E-state index in [9.17, 15) is 9.90 Å². The van der Waals surface area contributed by atoms with E-state index in [1.807, 2.05) is 11.8 Å². The molecule has 1 spiro atoms. The van der Waals surface area contributed by atoms with Crippen molar-refractivity contribution in [3.8, 4) is 0 Å². The van der Waals surface area contributed by atoms with Crippen molar-refractivity contribution >= 4 is 11.6 Å². The van der Waals surface area contributed by atoms with Gasteiger partial charge in [-0.1, -0.05) is 12.1 Å². The zero-order valence-electron chi connectivity index (χ0n) is 15.8. The van der Waals surface area contributed by atoms with Crippen LogP contribution in [0, 0.1) is 11.3 Å². The lowest BCUT2D eigenvalue weighted by molar-refractivity contribution is -0.168. The Morgan fingerprint density at radius 2 is 1.81 bits per heavy atom. The lowest BCUT2D eigenvalue weighted by Crippen LogP contribution is -2.65. The number of anilines is 1. The summed E-state index contributed by atoms with van der Waals surface area (Å²) in [5.41, 5.74) is 2.66. The highest BCUT2D eigenvalue weighted by molar-refractivity contribution is 5.81. The van der Waals surface area contributed by atoms with Gasteiger partial charge in [0, 0.05) is 43.2 Å². The lowest BCUT2D eigenvalue weighted by Gasteiger charge is -2.60. The monoisotopic (exact) mass is 354 g/mol. The third kappa shape index (κ3) is 2.74. The van der Waals surface area contributed by atoms with E-state index in [2.05, 4.69) is 29.2 Å². The number of benzene rings is 1. The summed E-state index contributed by atoms with van der Waals surface area (Å²) in [7, 11) is 0. The predicted octanol–water partition coefficient (Wildman–Crippen LogP) is 3.15. The number of nitrogens with zero attached hydrogens (tertiary/aromatic N) is 2. The average molecular weight is 354 g/mol. The molecular weight excluding hydrogens is 324 g/mol. The summed E-state index contributed by atoms with van der Waals surface area (Å²) in [5.74, 6) is 1.01. The molecule has 4 fully saturated rings. The maximum atomic E-state index is 12.5. The molecule has 0 unspecified atom stereocenters. The molecule has 1 N–H and O–H groups in total. The van der Waals surface area contributed by atoms with Crippen LogP contribution < -0.4 is 4.90 Å². The predicted molar refractivity (Wildman–Crippen MR) is 102 cm³/mol. The molecule has 4 nitrogen and oxygen atoms in total. The largest absolute Gasteiger partial charge is 0.390 e. The van der Waals surface area contributed by atoms with Gasteiger partial charge in [0.15, 0.2) is 0 Å². The third-order valence-corrected chi connectivity index (χ3v) is 7.26. The van der Waals surface area contributed by atoms with Crippen LogP contribution in [0.25, 0.3) is 0 Å². The van der Waals surface area contributed by atoms with Crippen LogP contribution in [-0.2, 0) is 4.79 Å². The number of hydrogen-bond acceptors (Lipinski definition) is 3. The summed E-state index contributed by atoms with van der Waals surface area (Å²) in [6.07, 6.45) is 6.36. The van der Waals surface area contributed by atoms with Crippen LogP contribution in [0.2, 0.25) is 0 Å². The van der Waals surface area contributed by atoms with Gasteiger partial charge in [0.2, 0.25) is 5.91 Å². The van der Waals surface area contributed by atoms with Crippen molar-refractivity contribution in [3.05, 3.63) is 29.8 Å². The van der Waals surface area contributed by atoms with Crippen LogP contribution in [0.5, 0.6) is 0 Å². The fraction of sp³-hybridized carbons (Fsp3) is 0.682. The molecule has 2 saturated carbocycles. The second kappa shape index (κ2) is 5.72. The molecule has 26 heavy (non-hydrogen) atoms. The molecule has 0 radical (unpaired) electrons. The molecule has 2 aliphatic carbocycles. The Bertz CT molecular complexity index is 701. The van der Waals surface area contributed by atoms with Gasteiger partial charge in [-0.25, -0.2) is 0 Å². The molecular formula is C22H30N2O2. The van der Waals surface area contributed by atoms with E-state index in [4.69, 9.17) is 0 Å². The molecule has 0 aromatic heterocycles. The number of likely N-dealkylation sites (tertiary alicyclic amines) is 1. The van der Waals surface area contributed by atoms with Gasteiger partial charge in [0.1, 0.15) is 0 Å². The number of hydrogen-bond donors (Lipinski definition) is 1. The molecule has 2 saturated heterocycles. The molecule has 1 aromatic rings. The van der Waals surface area contributed by atoms with Crippen molar-refractivity contribution in [2.45, 2.75) is 57.0 Å². The van der Waals surface area contributed by atoms with Gasteiger partial charge in [0.05, 0.1) is 5.60 Å². The molecule has 2 aliphatic heterocycles. The molecule has 4 heteroatoms. The molecule has 1 aromatic carbocycles. The first-order chi connectivity index (χ1) is 12.4. The SMILES string of the molecule is C[C@]1(O)C[C@@H](C(=O)N2CC3(CC(c4cccc(N5CCCC5)c4)C3)C2)C1. The van der Waals surface area contributed by atoms with Crippen molar-refractivity contribution in [2.24, 2.45) is 11.3 Å². The zero-order valence-corrected chi connectivity index (χ0v) is 15.8. The van der Waals surface area contributed by atoms with E-state index in [1.165, 1.54) is 50.0 Å². The highest BCUT2D eigenvalue weighted by atomic mass is 16.3. The molecule has 2 heterocycles. The second-order valence-corrected chi connectivity index (χ2v) is 9.69. The van der Waals surface area contributed by atoms with E-state index < -0.39 is 5.60 Å². The number of aliphatic hydroxyl groups is 1. The maximum Gasteiger partial charge on any atom is 0.225 e. The molecule has 0 bridgehead atoms. The fourth-order valence-electron chi connectivity index (χ4n) is 5.78. The first-order valence-electron chi connectivity index (χ1n) is 10.3. The zero-order chi connectivity index (χ0) is 17.9. The van der Waals surface area contributed by atoms with Crippen molar-refractivity contribution in [2.75, 3.05) is 31.1 Å². The second-order valence-electron chi connectivity index (χ2n) is 9.69. The summed E-state index contributed by atoms with van der Waals surface area (Å²) in [6.45, 7) is 6.10. The van der Waals surface area contributed by atoms with Crippen molar-refractivity contribution < 1.29 is 9.90 Å². The van der Waals surface area contributed by atoms with Gasteiger partial charge < -0.3 is 14.9 Å². The van der Waals surface area contributed by atoms with Crippen LogP contribution in [0.4, 0.5) is 5.69 Å². The molecule has 140 valence electrons. The standard InChI is InChI=1S/C22H30N2O2/c1-21(26)10-18(11-21)20(25)24-14-22(15-24)12-17(13-22)16-5-4-6-19(9-16)23-7-2-3-8-23/h4-6,9,17-18,26H,2-3,7-8,10-15H2,1H3/t18-,21+. The van der Waals surface area contributed by atoms with Gasteiger partial charge in [-0.3, -0.25) is 4.79 Å². The Kier molecular flexibility index (Phi) is 3.66. The van der Waals surface area contributed by atoms with Crippen LogP contribution in [0.1, 0.15) is 56.9 Å². The molecule has 0 atom stereocenters. The lowest BCUT2D eigenvalue weighted by atomic mass is 9.55. The quantitative estimate of drug-likeness (QED) is 0.907. The Balaban J connectivity index is 1.15. The topological polar surface area (TPSA) is 43.8 Å². The van der Waals surface area contributed by atoms with Crippen LogP contribution in [-0.4, -0.2) is 47.7 Å². The van der Waals surface area contributed by atoms with E-state index in [1.54, 1.807) is 0 Å². The van der Waals surface area contributed by atoms with Gasteiger partial charge >= 0.3 is 0 Å². The van der Waals surface area contributed by atoms with Gasteiger partial charge in [-0.15, -0.1) is 0 Å². The molecule has 5 rings (SSSR count). The molecule has 4 aliphatic rings. The summed E-state index contributed by atoms with van der Waals surface area (Å²) < 4.78 is 0. The Morgan fingerprint density at radius 3 is 2.46 bits per heavy atom. The maximum absolute atomic E-state index is 12.5. The van der Waals surface area contributed by atoms with Crippen LogP contribution in [0.3, 0.4) is 0 Å². The summed E-state index contributed by atoms with van der Waals surface area (Å²) in [5, 5.41) is 9.85. The minimum absolute atomic E-state index is 0.0652. The highest BCUT2D eigenvalue weighted by Gasteiger charge is 2.55. The van der Waals surface area contributed by atoms with Gasteiger partial charge in [-0.2, -0.15) is 0 Å². The number of amides is 1. The molecule has 1 amide bonds.